The van der Waals surface area contributed by atoms with Crippen molar-refractivity contribution in [3.8, 4) is 0 Å². The number of hydrogen-bond donors (Lipinski definition) is 2. The number of carbonyl (C=O) groups excluding carboxylic acids is 1. The van der Waals surface area contributed by atoms with E-state index in [0.717, 1.165) is 24.1 Å². The van der Waals surface area contributed by atoms with Gasteiger partial charge in [-0.2, -0.15) is 0 Å². The van der Waals surface area contributed by atoms with E-state index in [1.807, 2.05) is 36.4 Å². The molecule has 0 aliphatic heterocycles. The van der Waals surface area contributed by atoms with Gasteiger partial charge in [0.05, 0.1) is 11.8 Å². The Morgan fingerprint density at radius 3 is 2.52 bits per heavy atom. The second-order valence-electron chi connectivity index (χ2n) is 6.72. The maximum atomic E-state index is 12.8. The Bertz CT molecular complexity index is 652. The van der Waals surface area contributed by atoms with Gasteiger partial charge in [-0.15, -0.1) is 0 Å². The van der Waals surface area contributed by atoms with E-state index >= 15 is 0 Å². The maximum Gasteiger partial charge on any atom is 0.307 e. The number of amides is 1. The molecule has 2 bridgehead atoms. The summed E-state index contributed by atoms with van der Waals surface area (Å²) in [5.41, 5.74) is 1.91. The molecular weight excluding hydrogens is 290 g/mol. The lowest BCUT2D eigenvalue weighted by atomic mass is 9.82. The largest absolute Gasteiger partial charge is 0.481 e. The molecule has 1 saturated carbocycles. The summed E-state index contributed by atoms with van der Waals surface area (Å²) in [5.74, 6) is -1.69. The molecule has 5 atom stereocenters. The number of allylic oxidation sites excluding steroid dienone is 2. The van der Waals surface area contributed by atoms with Crippen molar-refractivity contribution in [2.24, 2.45) is 23.7 Å². The van der Waals surface area contributed by atoms with Crippen molar-refractivity contribution >= 4 is 17.6 Å². The summed E-state index contributed by atoms with van der Waals surface area (Å²) in [6.07, 6.45) is 5.73. The zero-order valence-corrected chi connectivity index (χ0v) is 13.5. The van der Waals surface area contributed by atoms with Crippen molar-refractivity contribution in [1.29, 1.82) is 0 Å². The molecular formula is C19H23NO3. The van der Waals surface area contributed by atoms with E-state index in [1.54, 1.807) is 0 Å². The number of benzene rings is 1. The molecule has 23 heavy (non-hydrogen) atoms. The molecule has 2 N–H and O–H groups in total. The van der Waals surface area contributed by atoms with Gasteiger partial charge in [0.1, 0.15) is 0 Å². The summed E-state index contributed by atoms with van der Waals surface area (Å²) >= 11 is 0. The third kappa shape index (κ3) is 2.78. The fraction of sp³-hybridized carbons (Fsp3) is 0.474. The van der Waals surface area contributed by atoms with Gasteiger partial charge in [0.15, 0.2) is 0 Å². The maximum absolute atomic E-state index is 12.8. The molecule has 4 nitrogen and oxygen atoms in total. The molecule has 0 aromatic heterocycles. The number of aliphatic carboxylic acids is 1. The van der Waals surface area contributed by atoms with Crippen LogP contribution in [0.4, 0.5) is 5.69 Å². The average Bonchev–Trinajstić information content (AvgIpc) is 3.15. The van der Waals surface area contributed by atoms with Crippen LogP contribution < -0.4 is 5.32 Å². The number of hydrogen-bond acceptors (Lipinski definition) is 2. The standard InChI is InChI=1S/C19H23NO3/c1-3-11(2)14-6-4-5-7-15(14)20-18(21)16-12-8-9-13(10-12)17(16)19(22)23/h4-9,11-13,16-17H,3,10H2,1-2H3,(H,20,21)(H,22,23)/t11-,12-,13-,16-,17-/m0/s1. The summed E-state index contributed by atoms with van der Waals surface area (Å²) in [6.45, 7) is 4.25. The van der Waals surface area contributed by atoms with Crippen molar-refractivity contribution in [3.05, 3.63) is 42.0 Å². The van der Waals surface area contributed by atoms with E-state index in [2.05, 4.69) is 19.2 Å². The second-order valence-corrected chi connectivity index (χ2v) is 6.72. The van der Waals surface area contributed by atoms with E-state index in [-0.39, 0.29) is 17.7 Å². The SMILES string of the molecule is CC[C@H](C)c1ccccc1NC(=O)[C@@H]1[C@@H](C(=O)O)[C@H]2C=C[C@H]1C2. The van der Waals surface area contributed by atoms with Crippen molar-refractivity contribution in [3.63, 3.8) is 0 Å². The first-order valence-corrected chi connectivity index (χ1v) is 8.33. The van der Waals surface area contributed by atoms with Crippen molar-refractivity contribution < 1.29 is 14.7 Å². The number of anilines is 1. The third-order valence-electron chi connectivity index (χ3n) is 5.41. The molecule has 1 aromatic carbocycles. The van der Waals surface area contributed by atoms with Crippen LogP contribution in [0.15, 0.2) is 36.4 Å². The fourth-order valence-corrected chi connectivity index (χ4v) is 3.99. The predicted octanol–water partition coefficient (Wildman–Crippen LogP) is 3.66. The number of fused-ring (bicyclic) bond motifs is 2. The molecule has 0 spiro atoms. The van der Waals surface area contributed by atoms with Gasteiger partial charge in [-0.3, -0.25) is 9.59 Å². The van der Waals surface area contributed by atoms with Crippen molar-refractivity contribution in [2.45, 2.75) is 32.6 Å². The Labute approximate surface area is 136 Å². The highest BCUT2D eigenvalue weighted by Gasteiger charge is 2.51. The van der Waals surface area contributed by atoms with E-state index in [9.17, 15) is 14.7 Å². The molecule has 3 rings (SSSR count). The molecule has 0 saturated heterocycles. The van der Waals surface area contributed by atoms with Gasteiger partial charge in [-0.25, -0.2) is 0 Å². The number of carboxylic acid groups (broad SMARTS) is 1. The minimum absolute atomic E-state index is 0.00180. The van der Waals surface area contributed by atoms with Gasteiger partial charge >= 0.3 is 5.97 Å². The first-order valence-electron chi connectivity index (χ1n) is 8.33. The predicted molar refractivity (Wildman–Crippen MR) is 89.1 cm³/mol. The van der Waals surface area contributed by atoms with Crippen molar-refractivity contribution in [1.82, 2.24) is 0 Å². The summed E-state index contributed by atoms with van der Waals surface area (Å²) in [6, 6.07) is 7.80. The lowest BCUT2D eigenvalue weighted by molar-refractivity contribution is -0.146. The Morgan fingerprint density at radius 2 is 1.87 bits per heavy atom. The summed E-state index contributed by atoms with van der Waals surface area (Å²) in [5, 5.41) is 12.5. The highest BCUT2D eigenvalue weighted by Crippen LogP contribution is 2.48. The van der Waals surface area contributed by atoms with Crippen LogP contribution in [0, 0.1) is 23.7 Å². The van der Waals surface area contributed by atoms with Crippen LogP contribution in [0.5, 0.6) is 0 Å². The van der Waals surface area contributed by atoms with Crippen LogP contribution in [-0.2, 0) is 9.59 Å². The van der Waals surface area contributed by atoms with E-state index < -0.39 is 17.8 Å². The molecule has 0 heterocycles. The van der Waals surface area contributed by atoms with Gasteiger partial charge < -0.3 is 10.4 Å². The minimum Gasteiger partial charge on any atom is -0.481 e. The van der Waals surface area contributed by atoms with Gasteiger partial charge in [0, 0.05) is 5.69 Å². The molecule has 0 radical (unpaired) electrons. The number of nitrogens with one attached hydrogen (secondary N) is 1. The summed E-state index contributed by atoms with van der Waals surface area (Å²) in [4.78, 5) is 24.3. The summed E-state index contributed by atoms with van der Waals surface area (Å²) < 4.78 is 0. The zero-order chi connectivity index (χ0) is 16.6. The van der Waals surface area contributed by atoms with E-state index in [1.165, 1.54) is 0 Å². The fourth-order valence-electron chi connectivity index (χ4n) is 3.99. The monoisotopic (exact) mass is 313 g/mol. The third-order valence-corrected chi connectivity index (χ3v) is 5.41. The minimum atomic E-state index is -0.864. The van der Waals surface area contributed by atoms with Crippen LogP contribution in [0.25, 0.3) is 0 Å². The van der Waals surface area contributed by atoms with E-state index in [4.69, 9.17) is 0 Å². The first kappa shape index (κ1) is 15.8. The van der Waals surface area contributed by atoms with Gasteiger partial charge in [0.25, 0.3) is 0 Å². The Morgan fingerprint density at radius 1 is 1.22 bits per heavy atom. The summed E-state index contributed by atoms with van der Waals surface area (Å²) in [7, 11) is 0. The molecule has 2 aliphatic carbocycles. The van der Waals surface area contributed by atoms with Crippen LogP contribution in [0.2, 0.25) is 0 Å². The number of para-hydroxylation sites is 1. The van der Waals surface area contributed by atoms with Gasteiger partial charge in [0.2, 0.25) is 5.91 Å². The number of carboxylic acids is 1. The smallest absolute Gasteiger partial charge is 0.307 e. The molecule has 1 fully saturated rings. The molecule has 1 amide bonds. The van der Waals surface area contributed by atoms with Crippen molar-refractivity contribution in [2.75, 3.05) is 5.32 Å². The lowest BCUT2D eigenvalue weighted by Crippen LogP contribution is -2.36. The number of carbonyl (C=O) groups is 2. The average molecular weight is 313 g/mol. The molecule has 2 aliphatic rings. The van der Waals surface area contributed by atoms with Crippen LogP contribution in [0.3, 0.4) is 0 Å². The van der Waals surface area contributed by atoms with Crippen LogP contribution in [0.1, 0.15) is 38.2 Å². The van der Waals surface area contributed by atoms with Gasteiger partial charge in [-0.1, -0.05) is 44.2 Å². The Hall–Kier alpha value is -2.10. The lowest BCUT2D eigenvalue weighted by Gasteiger charge is -2.25. The second kappa shape index (κ2) is 6.19. The topological polar surface area (TPSA) is 66.4 Å². The highest BCUT2D eigenvalue weighted by atomic mass is 16.4. The first-order chi connectivity index (χ1) is 11.0. The molecule has 122 valence electrons. The Balaban J connectivity index is 1.83. The molecule has 4 heteroatoms. The zero-order valence-electron chi connectivity index (χ0n) is 13.5. The molecule has 0 unspecified atom stereocenters. The van der Waals surface area contributed by atoms with Gasteiger partial charge in [-0.05, 0) is 42.2 Å². The van der Waals surface area contributed by atoms with E-state index in [0.29, 0.717) is 5.92 Å². The Kier molecular flexibility index (Phi) is 4.24. The quantitative estimate of drug-likeness (QED) is 0.815. The number of rotatable bonds is 5. The highest BCUT2D eigenvalue weighted by molar-refractivity contribution is 5.97. The van der Waals surface area contributed by atoms with Crippen LogP contribution in [-0.4, -0.2) is 17.0 Å². The molecule has 1 aromatic rings. The van der Waals surface area contributed by atoms with Crippen LogP contribution >= 0.6 is 0 Å². The normalized spacial score (nSPS) is 29.5.